The third kappa shape index (κ3) is 5.23. The van der Waals surface area contributed by atoms with E-state index in [9.17, 15) is 9.18 Å². The summed E-state index contributed by atoms with van der Waals surface area (Å²) in [6.07, 6.45) is 0.264. The van der Waals surface area contributed by atoms with Crippen LogP contribution in [0.15, 0.2) is 53.7 Å². The fraction of sp³-hybridized carbons (Fsp3) is 0.333. The van der Waals surface area contributed by atoms with Gasteiger partial charge in [0.25, 0.3) is 0 Å². The second kappa shape index (κ2) is 9.06. The van der Waals surface area contributed by atoms with E-state index >= 15 is 0 Å². The van der Waals surface area contributed by atoms with E-state index in [1.54, 1.807) is 23.1 Å². The Balaban J connectivity index is 1.68. The fourth-order valence-electron chi connectivity index (χ4n) is 2.97. The van der Waals surface area contributed by atoms with Gasteiger partial charge in [0.05, 0.1) is 12.3 Å². The van der Waals surface area contributed by atoms with Crippen molar-refractivity contribution in [2.75, 3.05) is 6.54 Å². The minimum atomic E-state index is -0.295. The number of urea groups is 1. The van der Waals surface area contributed by atoms with Gasteiger partial charge in [-0.2, -0.15) is 0 Å². The van der Waals surface area contributed by atoms with Crippen molar-refractivity contribution >= 4 is 23.3 Å². The molecule has 2 aromatic rings. The van der Waals surface area contributed by atoms with Crippen LogP contribution in [0.25, 0.3) is 0 Å². The number of hydrogen-bond acceptors (Lipinski definition) is 3. The van der Waals surface area contributed by atoms with Crippen molar-refractivity contribution in [1.82, 2.24) is 10.2 Å². The van der Waals surface area contributed by atoms with Crippen LogP contribution in [0.3, 0.4) is 0 Å². The van der Waals surface area contributed by atoms with Crippen LogP contribution in [0.4, 0.5) is 9.18 Å². The van der Waals surface area contributed by atoms with E-state index in [1.807, 2.05) is 32.0 Å². The zero-order valence-electron chi connectivity index (χ0n) is 15.9. The fourth-order valence-corrected chi connectivity index (χ4v) is 3.17. The van der Waals surface area contributed by atoms with Gasteiger partial charge in [0.15, 0.2) is 6.10 Å². The van der Waals surface area contributed by atoms with Gasteiger partial charge < -0.3 is 15.1 Å². The molecule has 1 atom stereocenters. The highest BCUT2D eigenvalue weighted by Crippen LogP contribution is 2.21. The van der Waals surface area contributed by atoms with E-state index in [2.05, 4.69) is 10.5 Å². The molecule has 0 saturated heterocycles. The first kappa shape index (κ1) is 20.1. The second-order valence-electron chi connectivity index (χ2n) is 7.05. The van der Waals surface area contributed by atoms with Crippen molar-refractivity contribution in [2.24, 2.45) is 5.16 Å². The van der Waals surface area contributed by atoms with Gasteiger partial charge >= 0.3 is 6.03 Å². The molecule has 1 unspecified atom stereocenters. The zero-order valence-corrected chi connectivity index (χ0v) is 16.6. The first-order valence-electron chi connectivity index (χ1n) is 9.20. The summed E-state index contributed by atoms with van der Waals surface area (Å²) >= 11 is 6.27. The minimum Gasteiger partial charge on any atom is -0.390 e. The molecule has 2 amide bonds. The van der Waals surface area contributed by atoms with Crippen molar-refractivity contribution in [3.63, 3.8) is 0 Å². The standard InChI is InChI=1S/C21H23ClFN3O2/c1-14(2)24-21(27)26(12-16-5-3-4-6-19(16)22)13-18-11-20(25-28-18)15-7-9-17(23)10-8-15/h3-10,14,18H,11-13H2,1-2H3,(H,24,27). The number of hydrogen-bond donors (Lipinski definition) is 1. The normalized spacial score (nSPS) is 15.9. The molecule has 0 spiro atoms. The Morgan fingerprint density at radius 3 is 2.68 bits per heavy atom. The molecule has 0 radical (unpaired) electrons. The van der Waals surface area contributed by atoms with Crippen LogP contribution in [0.1, 0.15) is 31.4 Å². The third-order valence-electron chi connectivity index (χ3n) is 4.35. The maximum absolute atomic E-state index is 13.1. The largest absolute Gasteiger partial charge is 0.390 e. The van der Waals surface area contributed by atoms with E-state index in [0.29, 0.717) is 24.5 Å². The zero-order chi connectivity index (χ0) is 20.1. The van der Waals surface area contributed by atoms with Crippen LogP contribution in [0.5, 0.6) is 0 Å². The molecule has 1 heterocycles. The SMILES string of the molecule is CC(C)NC(=O)N(Cc1ccccc1Cl)CC1CC(c2ccc(F)cc2)=NO1. The highest BCUT2D eigenvalue weighted by molar-refractivity contribution is 6.31. The lowest BCUT2D eigenvalue weighted by Gasteiger charge is -2.26. The van der Waals surface area contributed by atoms with Gasteiger partial charge in [-0.3, -0.25) is 0 Å². The molecule has 0 fully saturated rings. The Kier molecular flexibility index (Phi) is 6.52. The maximum atomic E-state index is 13.1. The van der Waals surface area contributed by atoms with Crippen LogP contribution >= 0.6 is 11.6 Å². The van der Waals surface area contributed by atoms with E-state index in [0.717, 1.165) is 16.8 Å². The van der Waals surface area contributed by atoms with Gasteiger partial charge in [0.1, 0.15) is 5.82 Å². The lowest BCUT2D eigenvalue weighted by Crippen LogP contribution is -2.45. The van der Waals surface area contributed by atoms with Gasteiger partial charge in [-0.15, -0.1) is 0 Å². The molecule has 3 rings (SSSR count). The molecule has 5 nitrogen and oxygen atoms in total. The Hall–Kier alpha value is -2.60. The summed E-state index contributed by atoms with van der Waals surface area (Å²) in [6.45, 7) is 4.54. The van der Waals surface area contributed by atoms with Crippen LogP contribution < -0.4 is 5.32 Å². The predicted octanol–water partition coefficient (Wildman–Crippen LogP) is 4.59. The van der Waals surface area contributed by atoms with Gasteiger partial charge in [0, 0.05) is 24.0 Å². The van der Waals surface area contributed by atoms with Crippen molar-refractivity contribution < 1.29 is 14.0 Å². The molecular formula is C21H23ClFN3O2. The smallest absolute Gasteiger partial charge is 0.318 e. The van der Waals surface area contributed by atoms with Crippen LogP contribution in [-0.2, 0) is 11.4 Å². The summed E-state index contributed by atoms with van der Waals surface area (Å²) in [4.78, 5) is 19.9. The highest BCUT2D eigenvalue weighted by atomic mass is 35.5. The minimum absolute atomic E-state index is 0.0109. The molecule has 28 heavy (non-hydrogen) atoms. The van der Waals surface area contributed by atoms with Crippen LogP contribution in [-0.4, -0.2) is 35.3 Å². The average Bonchev–Trinajstić information content (AvgIpc) is 3.11. The first-order chi connectivity index (χ1) is 13.4. The topological polar surface area (TPSA) is 53.9 Å². The summed E-state index contributed by atoms with van der Waals surface area (Å²) in [5, 5.41) is 7.65. The predicted molar refractivity (Wildman–Crippen MR) is 108 cm³/mol. The van der Waals surface area contributed by atoms with Crippen molar-refractivity contribution in [3.05, 3.63) is 70.5 Å². The highest BCUT2D eigenvalue weighted by Gasteiger charge is 2.27. The molecule has 1 N–H and O–H groups in total. The summed E-state index contributed by atoms with van der Waals surface area (Å²) in [7, 11) is 0. The van der Waals surface area contributed by atoms with Gasteiger partial charge in [-0.25, -0.2) is 9.18 Å². The number of oxime groups is 1. The summed E-state index contributed by atoms with van der Waals surface area (Å²) in [6, 6.07) is 13.4. The summed E-state index contributed by atoms with van der Waals surface area (Å²) in [5.74, 6) is -0.295. The number of halogens is 2. The summed E-state index contributed by atoms with van der Waals surface area (Å²) in [5.41, 5.74) is 2.42. The van der Waals surface area contributed by atoms with Crippen molar-refractivity contribution in [2.45, 2.75) is 39.0 Å². The maximum Gasteiger partial charge on any atom is 0.318 e. The van der Waals surface area contributed by atoms with E-state index in [4.69, 9.17) is 16.4 Å². The van der Waals surface area contributed by atoms with E-state index < -0.39 is 0 Å². The summed E-state index contributed by atoms with van der Waals surface area (Å²) < 4.78 is 13.1. The van der Waals surface area contributed by atoms with E-state index in [1.165, 1.54) is 12.1 Å². The molecule has 148 valence electrons. The number of carbonyl (C=O) groups is 1. The average molecular weight is 404 g/mol. The number of amides is 2. The van der Waals surface area contributed by atoms with Gasteiger partial charge in [-0.05, 0) is 43.2 Å². The molecule has 0 bridgehead atoms. The molecule has 0 saturated carbocycles. The monoisotopic (exact) mass is 403 g/mol. The number of nitrogens with one attached hydrogen (secondary N) is 1. The van der Waals surface area contributed by atoms with Crippen molar-refractivity contribution in [1.29, 1.82) is 0 Å². The first-order valence-corrected chi connectivity index (χ1v) is 9.57. The Bertz CT molecular complexity index is 855. The lowest BCUT2D eigenvalue weighted by molar-refractivity contribution is 0.0586. The Morgan fingerprint density at radius 1 is 1.29 bits per heavy atom. The van der Waals surface area contributed by atoms with E-state index in [-0.39, 0.29) is 24.0 Å². The molecule has 1 aliphatic rings. The Labute approximate surface area is 169 Å². The second-order valence-corrected chi connectivity index (χ2v) is 7.46. The molecule has 7 heteroatoms. The number of rotatable bonds is 6. The molecular weight excluding hydrogens is 381 g/mol. The van der Waals surface area contributed by atoms with Crippen LogP contribution in [0, 0.1) is 5.82 Å². The quantitative estimate of drug-likeness (QED) is 0.766. The van der Waals surface area contributed by atoms with Gasteiger partial charge in [-0.1, -0.05) is 47.1 Å². The Morgan fingerprint density at radius 2 is 2.00 bits per heavy atom. The number of carbonyl (C=O) groups excluding carboxylic acids is 1. The number of nitrogens with zero attached hydrogens (tertiary/aromatic N) is 2. The van der Waals surface area contributed by atoms with Gasteiger partial charge in [0.2, 0.25) is 0 Å². The lowest BCUT2D eigenvalue weighted by atomic mass is 10.0. The molecule has 1 aliphatic heterocycles. The molecule has 0 aliphatic carbocycles. The number of benzene rings is 2. The molecule has 2 aromatic carbocycles. The van der Waals surface area contributed by atoms with Crippen LogP contribution in [0.2, 0.25) is 5.02 Å². The van der Waals surface area contributed by atoms with Crippen molar-refractivity contribution in [3.8, 4) is 0 Å². The third-order valence-corrected chi connectivity index (χ3v) is 4.72. The molecule has 0 aromatic heterocycles.